The molecule has 142 valence electrons. The average Bonchev–Trinajstić information content (AvgIpc) is 2.58. The van der Waals surface area contributed by atoms with Crippen LogP contribution in [0.2, 0.25) is 0 Å². The van der Waals surface area contributed by atoms with Gasteiger partial charge in [-0.05, 0) is 17.9 Å². The van der Waals surface area contributed by atoms with E-state index in [1.807, 2.05) is 0 Å². The second-order valence-electron chi connectivity index (χ2n) is 6.11. The number of carbonyl (C=O) groups is 1. The summed E-state index contributed by atoms with van der Waals surface area (Å²) in [5, 5.41) is 20.6. The molecule has 8 nitrogen and oxygen atoms in total. The number of hydrogen-bond acceptors (Lipinski definition) is 6. The molecule has 0 aliphatic carbocycles. The Balaban J connectivity index is 3.29. The fourth-order valence-corrected chi connectivity index (χ4v) is 2.82. The Morgan fingerprint density at radius 1 is 1.12 bits per heavy atom. The van der Waals surface area contributed by atoms with E-state index in [9.17, 15) is 25.0 Å². The first kappa shape index (κ1) is 21.3. The lowest BCUT2D eigenvalue weighted by Crippen LogP contribution is -2.20. The van der Waals surface area contributed by atoms with Gasteiger partial charge < -0.3 is 0 Å². The fraction of sp³-hybridized carbons (Fsp3) is 0.500. The number of unbranched alkanes of at least 4 members (excludes halogenated alkanes) is 3. The maximum absolute atomic E-state index is 12.3. The van der Waals surface area contributed by atoms with Crippen molar-refractivity contribution >= 4 is 11.5 Å². The van der Waals surface area contributed by atoms with Gasteiger partial charge in [-0.15, -0.1) is 10.1 Å². The molecule has 0 radical (unpaired) electrons. The van der Waals surface area contributed by atoms with E-state index in [1.165, 1.54) is 0 Å². The largest absolute Gasteiger partial charge is 0.335 e. The van der Waals surface area contributed by atoms with Gasteiger partial charge in [-0.3, -0.25) is 14.9 Å². The van der Waals surface area contributed by atoms with Gasteiger partial charge in [-0.2, -0.15) is 0 Å². The normalized spacial score (nSPS) is 12.8. The third-order valence-corrected chi connectivity index (χ3v) is 4.13. The number of nitrogens with zero attached hydrogens (tertiary/aromatic N) is 2. The first-order valence-corrected chi connectivity index (χ1v) is 8.63. The number of rotatable bonds is 11. The zero-order chi connectivity index (χ0) is 19.5. The van der Waals surface area contributed by atoms with Gasteiger partial charge in [-0.25, -0.2) is 4.84 Å². The summed E-state index contributed by atoms with van der Waals surface area (Å²) in [6.45, 7) is 3.32. The SMILES string of the molecule is CCCCCCC(C)C(C[N+](=O)[O-])=C(C(=O)O[N+](=O)[O-])c1ccccc1. The van der Waals surface area contributed by atoms with Crippen molar-refractivity contribution in [3.8, 4) is 0 Å². The van der Waals surface area contributed by atoms with Crippen LogP contribution in [-0.2, 0) is 9.63 Å². The van der Waals surface area contributed by atoms with Gasteiger partial charge in [0, 0.05) is 10.5 Å². The lowest BCUT2D eigenvalue weighted by Gasteiger charge is -2.17. The van der Waals surface area contributed by atoms with Crippen LogP contribution in [-0.4, -0.2) is 22.5 Å². The van der Waals surface area contributed by atoms with Gasteiger partial charge in [0.15, 0.2) is 0 Å². The predicted molar refractivity (Wildman–Crippen MR) is 96.2 cm³/mol. The molecular weight excluding hydrogens is 340 g/mol. The lowest BCUT2D eigenvalue weighted by molar-refractivity contribution is -0.728. The van der Waals surface area contributed by atoms with Crippen molar-refractivity contribution in [1.29, 1.82) is 0 Å². The Bertz CT molecular complexity index is 657. The molecular formula is C18H24N2O6. The maximum Gasteiger partial charge on any atom is 0.335 e. The second-order valence-corrected chi connectivity index (χ2v) is 6.11. The summed E-state index contributed by atoms with van der Waals surface area (Å²) in [7, 11) is 0. The molecule has 0 aromatic heterocycles. The van der Waals surface area contributed by atoms with Crippen molar-refractivity contribution in [2.75, 3.05) is 6.54 Å². The van der Waals surface area contributed by atoms with Crippen molar-refractivity contribution in [3.05, 3.63) is 61.7 Å². The molecule has 26 heavy (non-hydrogen) atoms. The van der Waals surface area contributed by atoms with Crippen LogP contribution < -0.4 is 0 Å². The molecule has 0 saturated carbocycles. The molecule has 1 aromatic carbocycles. The summed E-state index contributed by atoms with van der Waals surface area (Å²) in [4.78, 5) is 37.7. The molecule has 1 aromatic rings. The summed E-state index contributed by atoms with van der Waals surface area (Å²) in [6, 6.07) is 8.21. The van der Waals surface area contributed by atoms with Crippen LogP contribution >= 0.6 is 0 Å². The highest BCUT2D eigenvalue weighted by atomic mass is 17.0. The minimum absolute atomic E-state index is 0.0954. The fourth-order valence-electron chi connectivity index (χ4n) is 2.82. The van der Waals surface area contributed by atoms with Gasteiger partial charge >= 0.3 is 11.1 Å². The van der Waals surface area contributed by atoms with Crippen LogP contribution in [0.25, 0.3) is 5.57 Å². The van der Waals surface area contributed by atoms with Gasteiger partial charge in [0.2, 0.25) is 6.54 Å². The van der Waals surface area contributed by atoms with Crippen LogP contribution in [0.5, 0.6) is 0 Å². The van der Waals surface area contributed by atoms with E-state index in [0.29, 0.717) is 12.0 Å². The van der Waals surface area contributed by atoms with E-state index < -0.39 is 22.5 Å². The molecule has 1 unspecified atom stereocenters. The summed E-state index contributed by atoms with van der Waals surface area (Å²) < 4.78 is 0. The van der Waals surface area contributed by atoms with Crippen molar-refractivity contribution in [2.45, 2.75) is 46.0 Å². The highest BCUT2D eigenvalue weighted by Crippen LogP contribution is 2.29. The van der Waals surface area contributed by atoms with Crippen LogP contribution in [0.3, 0.4) is 0 Å². The second kappa shape index (κ2) is 11.0. The van der Waals surface area contributed by atoms with Crippen molar-refractivity contribution in [2.24, 2.45) is 5.92 Å². The summed E-state index contributed by atoms with van der Waals surface area (Å²) >= 11 is 0. The van der Waals surface area contributed by atoms with Gasteiger partial charge in [0.05, 0.1) is 5.57 Å². The van der Waals surface area contributed by atoms with E-state index in [1.54, 1.807) is 37.3 Å². The minimum Gasteiger partial charge on any atom is -0.264 e. The molecule has 0 heterocycles. The van der Waals surface area contributed by atoms with Gasteiger partial charge in [-0.1, -0.05) is 69.9 Å². The number of benzene rings is 1. The van der Waals surface area contributed by atoms with E-state index >= 15 is 0 Å². The van der Waals surface area contributed by atoms with Gasteiger partial charge in [0.1, 0.15) is 0 Å². The topological polar surface area (TPSA) is 113 Å². The van der Waals surface area contributed by atoms with E-state index in [0.717, 1.165) is 25.7 Å². The molecule has 0 amide bonds. The monoisotopic (exact) mass is 364 g/mol. The molecule has 0 saturated heterocycles. The van der Waals surface area contributed by atoms with E-state index in [2.05, 4.69) is 11.8 Å². The van der Waals surface area contributed by atoms with Crippen LogP contribution in [0.15, 0.2) is 35.9 Å². The molecule has 1 rings (SSSR count). The van der Waals surface area contributed by atoms with Crippen molar-refractivity contribution in [3.63, 3.8) is 0 Å². The Hall–Kier alpha value is -2.77. The lowest BCUT2D eigenvalue weighted by atomic mass is 9.88. The molecule has 8 heteroatoms. The standard InChI is InChI=1S/C18H24N2O6/c1-3-4-5-7-10-14(2)16(13-19(22)23)17(18(21)26-20(24)25)15-11-8-6-9-12-15/h6,8-9,11-12,14H,3-5,7,10,13H2,1-2H3. The first-order chi connectivity index (χ1) is 12.4. The quantitative estimate of drug-likeness (QED) is 0.253. The summed E-state index contributed by atoms with van der Waals surface area (Å²) in [5.74, 6) is -1.45. The zero-order valence-electron chi connectivity index (χ0n) is 15.1. The third kappa shape index (κ3) is 7.00. The van der Waals surface area contributed by atoms with Crippen LogP contribution in [0.4, 0.5) is 0 Å². The Kier molecular flexibility index (Phi) is 8.97. The molecule has 0 N–H and O–H groups in total. The van der Waals surface area contributed by atoms with E-state index in [4.69, 9.17) is 0 Å². The van der Waals surface area contributed by atoms with Crippen molar-refractivity contribution < 1.29 is 19.6 Å². The number of hydrogen-bond donors (Lipinski definition) is 0. The molecule has 0 aliphatic rings. The maximum atomic E-state index is 12.3. The highest BCUT2D eigenvalue weighted by molar-refractivity contribution is 6.17. The molecule has 0 bridgehead atoms. The molecule has 0 aliphatic heterocycles. The highest BCUT2D eigenvalue weighted by Gasteiger charge is 2.27. The molecule has 0 fully saturated rings. The van der Waals surface area contributed by atoms with Gasteiger partial charge in [0.25, 0.3) is 0 Å². The Morgan fingerprint density at radius 3 is 2.31 bits per heavy atom. The van der Waals surface area contributed by atoms with Crippen LogP contribution in [0.1, 0.15) is 51.5 Å². The zero-order valence-corrected chi connectivity index (χ0v) is 15.1. The summed E-state index contributed by atoms with van der Waals surface area (Å²) in [6.07, 6.45) is 4.65. The average molecular weight is 364 g/mol. The number of nitro groups is 1. The molecule has 0 spiro atoms. The summed E-state index contributed by atoms with van der Waals surface area (Å²) in [5.41, 5.74) is 0.531. The third-order valence-electron chi connectivity index (χ3n) is 4.13. The molecule has 1 atom stereocenters. The Labute approximate surface area is 152 Å². The van der Waals surface area contributed by atoms with E-state index in [-0.39, 0.29) is 17.1 Å². The number of carbonyl (C=O) groups excluding carboxylic acids is 1. The first-order valence-electron chi connectivity index (χ1n) is 8.63. The Morgan fingerprint density at radius 2 is 1.77 bits per heavy atom. The predicted octanol–water partition coefficient (Wildman–Crippen LogP) is 4.06. The smallest absolute Gasteiger partial charge is 0.264 e. The van der Waals surface area contributed by atoms with Crippen LogP contribution in [0, 0.1) is 26.1 Å². The minimum atomic E-state index is -1.19. The van der Waals surface area contributed by atoms with Crippen molar-refractivity contribution in [1.82, 2.24) is 0 Å².